The number of hydrogen-bond acceptors (Lipinski definition) is 4. The standard InChI is InChI=1S/C20H22FNO4/c1-3-15-4-6-16(7-5-15)14(2)22-19(23)12-26-20(24)13-25-18-10-8-17(21)9-11-18/h4-11,14H,3,12-13H2,1-2H3,(H,22,23)/t14-/m0/s1. The van der Waals surface area contributed by atoms with E-state index in [1.165, 1.54) is 29.8 Å². The van der Waals surface area contributed by atoms with Crippen molar-refractivity contribution < 1.29 is 23.5 Å². The van der Waals surface area contributed by atoms with E-state index in [2.05, 4.69) is 12.2 Å². The van der Waals surface area contributed by atoms with E-state index in [1.54, 1.807) is 0 Å². The summed E-state index contributed by atoms with van der Waals surface area (Å²) in [6, 6.07) is 13.0. The summed E-state index contributed by atoms with van der Waals surface area (Å²) < 4.78 is 22.8. The number of carbonyl (C=O) groups is 2. The lowest BCUT2D eigenvalue weighted by atomic mass is 10.1. The van der Waals surface area contributed by atoms with Crippen LogP contribution in [0.25, 0.3) is 0 Å². The Hall–Kier alpha value is -2.89. The van der Waals surface area contributed by atoms with E-state index < -0.39 is 17.7 Å². The van der Waals surface area contributed by atoms with Crippen molar-refractivity contribution in [1.82, 2.24) is 5.32 Å². The number of esters is 1. The molecule has 0 aliphatic carbocycles. The van der Waals surface area contributed by atoms with Crippen LogP contribution in [0.15, 0.2) is 48.5 Å². The number of aryl methyl sites for hydroxylation is 1. The fourth-order valence-corrected chi connectivity index (χ4v) is 2.27. The average molecular weight is 359 g/mol. The summed E-state index contributed by atoms with van der Waals surface area (Å²) in [4.78, 5) is 23.5. The van der Waals surface area contributed by atoms with E-state index in [9.17, 15) is 14.0 Å². The van der Waals surface area contributed by atoms with Gasteiger partial charge in [-0.05, 0) is 48.7 Å². The van der Waals surface area contributed by atoms with Gasteiger partial charge in [-0.25, -0.2) is 9.18 Å². The third-order valence-electron chi connectivity index (χ3n) is 3.80. The molecular formula is C20H22FNO4. The zero-order chi connectivity index (χ0) is 18.9. The Labute approximate surface area is 152 Å². The number of benzene rings is 2. The van der Waals surface area contributed by atoms with Gasteiger partial charge in [0.1, 0.15) is 11.6 Å². The van der Waals surface area contributed by atoms with Gasteiger partial charge in [-0.1, -0.05) is 31.2 Å². The molecule has 26 heavy (non-hydrogen) atoms. The number of halogens is 1. The molecule has 0 aliphatic rings. The van der Waals surface area contributed by atoms with Gasteiger partial charge in [0, 0.05) is 0 Å². The van der Waals surface area contributed by atoms with Crippen LogP contribution in [0.2, 0.25) is 0 Å². The minimum atomic E-state index is -0.676. The van der Waals surface area contributed by atoms with Crippen molar-refractivity contribution in [2.75, 3.05) is 13.2 Å². The molecule has 1 amide bonds. The van der Waals surface area contributed by atoms with Crippen LogP contribution < -0.4 is 10.1 Å². The first-order valence-electron chi connectivity index (χ1n) is 8.40. The van der Waals surface area contributed by atoms with Crippen molar-refractivity contribution >= 4 is 11.9 Å². The van der Waals surface area contributed by atoms with Crippen molar-refractivity contribution in [2.24, 2.45) is 0 Å². The van der Waals surface area contributed by atoms with Crippen LogP contribution in [-0.4, -0.2) is 25.1 Å². The SMILES string of the molecule is CCc1ccc([C@H](C)NC(=O)COC(=O)COc2ccc(F)cc2)cc1. The van der Waals surface area contributed by atoms with E-state index in [1.807, 2.05) is 31.2 Å². The highest BCUT2D eigenvalue weighted by molar-refractivity contribution is 5.81. The highest BCUT2D eigenvalue weighted by Gasteiger charge is 2.12. The number of rotatable bonds is 8. The summed E-state index contributed by atoms with van der Waals surface area (Å²) in [5.74, 6) is -1.12. The topological polar surface area (TPSA) is 64.6 Å². The lowest BCUT2D eigenvalue weighted by molar-refractivity contribution is -0.150. The van der Waals surface area contributed by atoms with Gasteiger partial charge >= 0.3 is 5.97 Å². The molecule has 2 aromatic rings. The molecule has 2 rings (SSSR count). The first-order chi connectivity index (χ1) is 12.5. The number of nitrogens with one attached hydrogen (secondary N) is 1. The fourth-order valence-electron chi connectivity index (χ4n) is 2.27. The van der Waals surface area contributed by atoms with Crippen molar-refractivity contribution in [1.29, 1.82) is 0 Å². The smallest absolute Gasteiger partial charge is 0.344 e. The summed E-state index contributed by atoms with van der Waals surface area (Å²) in [5.41, 5.74) is 2.20. The summed E-state index contributed by atoms with van der Waals surface area (Å²) in [5, 5.41) is 2.77. The number of hydrogen-bond donors (Lipinski definition) is 1. The molecule has 0 unspecified atom stereocenters. The predicted octanol–water partition coefficient (Wildman–Crippen LogP) is 3.19. The second-order valence-corrected chi connectivity index (χ2v) is 5.79. The minimum Gasteiger partial charge on any atom is -0.482 e. The maximum absolute atomic E-state index is 12.8. The van der Waals surface area contributed by atoms with Crippen molar-refractivity contribution in [3.8, 4) is 5.75 Å². The quantitative estimate of drug-likeness (QED) is 0.735. The molecule has 0 aromatic heterocycles. The van der Waals surface area contributed by atoms with Crippen LogP contribution in [0.1, 0.15) is 31.0 Å². The molecule has 0 aliphatic heterocycles. The van der Waals surface area contributed by atoms with Crippen LogP contribution in [0.3, 0.4) is 0 Å². The van der Waals surface area contributed by atoms with Crippen LogP contribution in [0, 0.1) is 5.82 Å². The van der Waals surface area contributed by atoms with E-state index >= 15 is 0 Å². The van der Waals surface area contributed by atoms with Gasteiger partial charge in [-0.2, -0.15) is 0 Å². The average Bonchev–Trinajstić information content (AvgIpc) is 2.66. The molecule has 1 atom stereocenters. The largest absolute Gasteiger partial charge is 0.482 e. The fraction of sp³-hybridized carbons (Fsp3) is 0.300. The molecule has 0 fully saturated rings. The van der Waals surface area contributed by atoms with Crippen LogP contribution in [0.4, 0.5) is 4.39 Å². The second kappa shape index (κ2) is 9.56. The summed E-state index contributed by atoms with van der Waals surface area (Å²) >= 11 is 0. The van der Waals surface area contributed by atoms with Crippen LogP contribution >= 0.6 is 0 Å². The second-order valence-electron chi connectivity index (χ2n) is 5.79. The first kappa shape index (κ1) is 19.4. The molecule has 0 spiro atoms. The zero-order valence-electron chi connectivity index (χ0n) is 14.8. The van der Waals surface area contributed by atoms with Gasteiger partial charge in [0.25, 0.3) is 5.91 Å². The molecule has 0 saturated heterocycles. The monoisotopic (exact) mass is 359 g/mol. The van der Waals surface area contributed by atoms with Gasteiger partial charge in [0.2, 0.25) is 0 Å². The van der Waals surface area contributed by atoms with E-state index in [0.717, 1.165) is 12.0 Å². The maximum Gasteiger partial charge on any atom is 0.344 e. The minimum absolute atomic E-state index is 0.192. The Morgan fingerprint density at radius 2 is 1.69 bits per heavy atom. The number of ether oxygens (including phenoxy) is 2. The summed E-state index contributed by atoms with van der Waals surface area (Å²) in [7, 11) is 0. The number of carbonyl (C=O) groups excluding carboxylic acids is 2. The zero-order valence-corrected chi connectivity index (χ0v) is 14.8. The molecular weight excluding hydrogens is 337 g/mol. The Morgan fingerprint density at radius 1 is 1.04 bits per heavy atom. The lowest BCUT2D eigenvalue weighted by Gasteiger charge is -2.15. The Balaban J connectivity index is 1.71. The normalized spacial score (nSPS) is 11.5. The van der Waals surface area contributed by atoms with Crippen LogP contribution in [0.5, 0.6) is 5.75 Å². The third kappa shape index (κ3) is 6.20. The highest BCUT2D eigenvalue weighted by atomic mass is 19.1. The van der Waals surface area contributed by atoms with Gasteiger partial charge in [0.05, 0.1) is 6.04 Å². The van der Waals surface area contributed by atoms with Crippen LogP contribution in [-0.2, 0) is 20.7 Å². The van der Waals surface area contributed by atoms with Gasteiger partial charge in [0.15, 0.2) is 13.2 Å². The Bertz CT molecular complexity index is 728. The molecule has 1 N–H and O–H groups in total. The summed E-state index contributed by atoms with van der Waals surface area (Å²) in [6.07, 6.45) is 0.955. The highest BCUT2D eigenvalue weighted by Crippen LogP contribution is 2.14. The van der Waals surface area contributed by atoms with E-state index in [4.69, 9.17) is 9.47 Å². The maximum atomic E-state index is 12.8. The third-order valence-corrected chi connectivity index (χ3v) is 3.80. The Morgan fingerprint density at radius 3 is 2.31 bits per heavy atom. The van der Waals surface area contributed by atoms with E-state index in [0.29, 0.717) is 5.75 Å². The predicted molar refractivity (Wildman–Crippen MR) is 95.2 cm³/mol. The van der Waals surface area contributed by atoms with Crippen molar-refractivity contribution in [2.45, 2.75) is 26.3 Å². The molecule has 138 valence electrons. The lowest BCUT2D eigenvalue weighted by Crippen LogP contribution is -2.31. The molecule has 6 heteroatoms. The summed E-state index contributed by atoms with van der Waals surface area (Å²) in [6.45, 7) is 3.20. The molecule has 5 nitrogen and oxygen atoms in total. The molecule has 0 bridgehead atoms. The van der Waals surface area contributed by atoms with E-state index in [-0.39, 0.29) is 19.3 Å². The first-order valence-corrected chi connectivity index (χ1v) is 8.40. The molecule has 0 saturated carbocycles. The van der Waals surface area contributed by atoms with Gasteiger partial charge in [-0.3, -0.25) is 4.79 Å². The molecule has 2 aromatic carbocycles. The van der Waals surface area contributed by atoms with Gasteiger partial charge in [-0.15, -0.1) is 0 Å². The molecule has 0 heterocycles. The van der Waals surface area contributed by atoms with Crippen molar-refractivity contribution in [3.63, 3.8) is 0 Å². The Kier molecular flexibility index (Phi) is 7.14. The van der Waals surface area contributed by atoms with Crippen molar-refractivity contribution in [3.05, 3.63) is 65.5 Å². The molecule has 0 radical (unpaired) electrons. The number of amides is 1. The van der Waals surface area contributed by atoms with Gasteiger partial charge < -0.3 is 14.8 Å².